The van der Waals surface area contributed by atoms with Crippen molar-refractivity contribution in [1.82, 2.24) is 24.1 Å². The van der Waals surface area contributed by atoms with Crippen LogP contribution >= 0.6 is 23.1 Å². The summed E-state index contributed by atoms with van der Waals surface area (Å²) in [7, 11) is 0. The Morgan fingerprint density at radius 3 is 2.90 bits per heavy atom. The lowest BCUT2D eigenvalue weighted by atomic mass is 10.2. The van der Waals surface area contributed by atoms with Gasteiger partial charge in [0.15, 0.2) is 10.1 Å². The number of hydrogen-bond acceptors (Lipinski definition) is 7. The number of hydrogen-bond donors (Lipinski definition) is 1. The van der Waals surface area contributed by atoms with Gasteiger partial charge in [-0.3, -0.25) is 18.6 Å². The minimum atomic E-state index is -0.116. The zero-order valence-corrected chi connectivity index (χ0v) is 18.7. The predicted molar refractivity (Wildman–Crippen MR) is 121 cm³/mol. The first-order valence-electron chi connectivity index (χ1n) is 9.92. The maximum Gasteiger partial charge on any atom is 0.258 e. The van der Waals surface area contributed by atoms with E-state index in [1.807, 2.05) is 41.1 Å². The summed E-state index contributed by atoms with van der Waals surface area (Å²) in [5, 5.41) is 14.4. The third-order valence-corrected chi connectivity index (χ3v) is 6.91. The predicted octanol–water partition coefficient (Wildman–Crippen LogP) is 3.77. The molecule has 0 saturated heterocycles. The first kappa shape index (κ1) is 20.0. The fraction of sp³-hybridized carbons (Fsp3) is 0.286. The lowest BCUT2D eigenvalue weighted by molar-refractivity contribution is -0.114. The third-order valence-electron chi connectivity index (χ3n) is 5.00. The fourth-order valence-electron chi connectivity index (χ4n) is 3.46. The first-order chi connectivity index (χ1) is 15.0. The van der Waals surface area contributed by atoms with Crippen LogP contribution in [0.2, 0.25) is 0 Å². The van der Waals surface area contributed by atoms with Crippen LogP contribution in [0.5, 0.6) is 0 Å². The summed E-state index contributed by atoms with van der Waals surface area (Å²) in [6.45, 7) is 3.39. The van der Waals surface area contributed by atoms with E-state index in [0.717, 1.165) is 40.9 Å². The molecule has 4 aromatic rings. The van der Waals surface area contributed by atoms with E-state index in [0.29, 0.717) is 22.3 Å². The number of anilines is 1. The highest BCUT2D eigenvalue weighted by atomic mass is 32.2. The monoisotopic (exact) mass is 452 g/mol. The average Bonchev–Trinajstić information content (AvgIpc) is 3.38. The van der Waals surface area contributed by atoms with Crippen LogP contribution in [-0.4, -0.2) is 30.1 Å². The number of nitrogens with one attached hydrogen (secondary N) is 1. The Kier molecular flexibility index (Phi) is 5.11. The summed E-state index contributed by atoms with van der Waals surface area (Å²) in [6, 6.07) is 9.25. The van der Waals surface area contributed by atoms with E-state index in [4.69, 9.17) is 0 Å². The molecule has 0 aliphatic heterocycles. The van der Waals surface area contributed by atoms with E-state index in [1.54, 1.807) is 10.5 Å². The number of nitrogens with zero attached hydrogens (tertiary/aromatic N) is 5. The van der Waals surface area contributed by atoms with Crippen molar-refractivity contribution in [2.24, 2.45) is 0 Å². The van der Waals surface area contributed by atoms with E-state index >= 15 is 0 Å². The van der Waals surface area contributed by atoms with Crippen LogP contribution in [-0.2, 0) is 10.5 Å². The number of thioether (sulfide) groups is 1. The first-order valence-corrected chi connectivity index (χ1v) is 11.8. The van der Waals surface area contributed by atoms with Gasteiger partial charge in [0, 0.05) is 41.4 Å². The number of fused-ring (bicyclic) bond motifs is 1. The zero-order chi connectivity index (χ0) is 21.5. The van der Waals surface area contributed by atoms with Crippen molar-refractivity contribution in [3.05, 3.63) is 63.3 Å². The molecule has 3 heterocycles. The minimum absolute atomic E-state index is 0.0671. The minimum Gasteiger partial charge on any atom is -0.326 e. The highest BCUT2D eigenvalue weighted by molar-refractivity contribution is 7.98. The second-order valence-electron chi connectivity index (χ2n) is 7.55. The molecule has 0 bridgehead atoms. The molecule has 10 heteroatoms. The van der Waals surface area contributed by atoms with Crippen LogP contribution in [0.15, 0.2) is 45.7 Å². The van der Waals surface area contributed by atoms with Gasteiger partial charge in [0.1, 0.15) is 5.82 Å². The molecule has 1 aliphatic carbocycles. The molecule has 1 aromatic carbocycles. The molecule has 31 heavy (non-hydrogen) atoms. The molecule has 1 amide bonds. The van der Waals surface area contributed by atoms with Gasteiger partial charge >= 0.3 is 0 Å². The normalized spacial score (nSPS) is 13.6. The van der Waals surface area contributed by atoms with Crippen molar-refractivity contribution in [1.29, 1.82) is 0 Å². The van der Waals surface area contributed by atoms with Crippen molar-refractivity contribution in [3.8, 4) is 5.69 Å². The second-order valence-corrected chi connectivity index (χ2v) is 9.33. The van der Waals surface area contributed by atoms with Crippen LogP contribution in [0.4, 0.5) is 5.69 Å². The fourth-order valence-corrected chi connectivity index (χ4v) is 5.20. The smallest absolute Gasteiger partial charge is 0.258 e. The second kappa shape index (κ2) is 7.93. The Bertz CT molecular complexity index is 1350. The summed E-state index contributed by atoms with van der Waals surface area (Å²) in [4.78, 5) is 29.3. The van der Waals surface area contributed by atoms with E-state index in [9.17, 15) is 9.59 Å². The van der Waals surface area contributed by atoms with Crippen LogP contribution in [0, 0.1) is 6.92 Å². The Balaban J connectivity index is 1.47. The Labute approximate surface area is 186 Å². The van der Waals surface area contributed by atoms with Crippen LogP contribution < -0.4 is 10.9 Å². The number of carbonyl (C=O) groups is 1. The zero-order valence-electron chi connectivity index (χ0n) is 17.0. The molecule has 1 aliphatic rings. The molecule has 3 aromatic heterocycles. The van der Waals surface area contributed by atoms with Gasteiger partial charge < -0.3 is 5.32 Å². The maximum atomic E-state index is 12.5. The van der Waals surface area contributed by atoms with E-state index in [2.05, 4.69) is 20.5 Å². The van der Waals surface area contributed by atoms with Gasteiger partial charge in [0.05, 0.1) is 11.4 Å². The number of amides is 1. The van der Waals surface area contributed by atoms with Gasteiger partial charge in [0.25, 0.3) is 5.56 Å². The molecule has 158 valence electrons. The van der Waals surface area contributed by atoms with E-state index in [-0.39, 0.29) is 11.5 Å². The summed E-state index contributed by atoms with van der Waals surface area (Å²) in [5.41, 5.74) is 3.17. The lowest BCUT2D eigenvalue weighted by Crippen LogP contribution is -2.14. The number of carbonyl (C=O) groups excluding carboxylic acids is 1. The molecule has 1 saturated carbocycles. The molecule has 0 spiro atoms. The van der Waals surface area contributed by atoms with Gasteiger partial charge in [-0.05, 0) is 38.0 Å². The number of rotatable bonds is 6. The largest absolute Gasteiger partial charge is 0.326 e. The van der Waals surface area contributed by atoms with E-state index in [1.165, 1.54) is 30.0 Å². The molecule has 1 N–H and O–H groups in total. The molecule has 5 rings (SSSR count). The topological polar surface area (TPSA) is 94.2 Å². The molecular weight excluding hydrogens is 432 g/mol. The van der Waals surface area contributed by atoms with Crippen LogP contribution in [0.25, 0.3) is 10.6 Å². The number of benzene rings is 1. The van der Waals surface area contributed by atoms with Crippen molar-refractivity contribution in [2.75, 3.05) is 5.32 Å². The molecule has 8 nitrogen and oxygen atoms in total. The number of aryl methyl sites for hydroxylation is 1. The van der Waals surface area contributed by atoms with E-state index < -0.39 is 0 Å². The molecule has 0 radical (unpaired) electrons. The molecule has 1 fully saturated rings. The van der Waals surface area contributed by atoms with Crippen molar-refractivity contribution in [2.45, 2.75) is 43.5 Å². The maximum absolute atomic E-state index is 12.5. The highest BCUT2D eigenvalue weighted by Crippen LogP contribution is 2.41. The molecule has 0 atom stereocenters. The highest BCUT2D eigenvalue weighted by Gasteiger charge is 2.31. The molecule has 0 unspecified atom stereocenters. The van der Waals surface area contributed by atoms with Crippen LogP contribution in [0.3, 0.4) is 0 Å². The van der Waals surface area contributed by atoms with Crippen molar-refractivity contribution in [3.63, 3.8) is 0 Å². The molecular formula is C21H20N6O2S2. The van der Waals surface area contributed by atoms with Gasteiger partial charge in [-0.15, -0.1) is 21.5 Å². The van der Waals surface area contributed by atoms with Gasteiger partial charge in [-0.2, -0.15) is 0 Å². The third kappa shape index (κ3) is 4.00. The van der Waals surface area contributed by atoms with Gasteiger partial charge in [-0.1, -0.05) is 17.8 Å². The Hall–Kier alpha value is -2.98. The summed E-state index contributed by atoms with van der Waals surface area (Å²) in [5.74, 6) is 1.73. The van der Waals surface area contributed by atoms with Gasteiger partial charge in [-0.25, -0.2) is 4.98 Å². The number of aromatic nitrogens is 5. The summed E-state index contributed by atoms with van der Waals surface area (Å²) in [6.07, 6.45) is 2.20. The van der Waals surface area contributed by atoms with Crippen molar-refractivity contribution >= 4 is 39.7 Å². The standard InChI is InChI=1S/C21H20N6O2S2/c1-12-10-30-20-23-16(9-18(29)26(12)20)11-31-21-25-24-19(14-6-7-14)27(21)17-5-3-4-15(8-17)22-13(2)28/h3-5,8-10,14H,6-7,11H2,1-2H3,(H,22,28). The average molecular weight is 453 g/mol. The lowest BCUT2D eigenvalue weighted by Gasteiger charge is -2.11. The summed E-state index contributed by atoms with van der Waals surface area (Å²) < 4.78 is 3.67. The van der Waals surface area contributed by atoms with Crippen molar-refractivity contribution < 1.29 is 4.79 Å². The van der Waals surface area contributed by atoms with Gasteiger partial charge in [0.2, 0.25) is 5.91 Å². The SMILES string of the molecule is CC(=O)Nc1cccc(-n2c(SCc3cc(=O)n4c(C)csc4n3)nnc2C2CC2)c1. The Morgan fingerprint density at radius 2 is 2.13 bits per heavy atom. The summed E-state index contributed by atoms with van der Waals surface area (Å²) >= 11 is 2.96. The van der Waals surface area contributed by atoms with Crippen LogP contribution in [0.1, 0.15) is 42.9 Å². The quantitative estimate of drug-likeness (QED) is 0.448. The number of thiazole rings is 1. The Morgan fingerprint density at radius 1 is 1.29 bits per heavy atom.